The number of methoxy groups -OCH3 is 1. The molecule has 2 aromatic rings. The molecule has 19 heavy (non-hydrogen) atoms. The van der Waals surface area contributed by atoms with Crippen LogP contribution < -0.4 is 10.1 Å². The van der Waals surface area contributed by atoms with Crippen LogP contribution in [0, 0.1) is 0 Å². The second-order valence-corrected chi connectivity index (χ2v) is 4.11. The number of anilines is 1. The van der Waals surface area contributed by atoms with Crippen LogP contribution in [-0.4, -0.2) is 18.5 Å². The van der Waals surface area contributed by atoms with Gasteiger partial charge in [0.1, 0.15) is 5.75 Å². The fourth-order valence-corrected chi connectivity index (χ4v) is 1.92. The summed E-state index contributed by atoms with van der Waals surface area (Å²) in [6.45, 7) is 0. The number of amides is 1. The van der Waals surface area contributed by atoms with Gasteiger partial charge in [0.05, 0.1) is 7.11 Å². The first-order valence-electron chi connectivity index (χ1n) is 6.10. The van der Waals surface area contributed by atoms with Gasteiger partial charge in [0.15, 0.2) is 0 Å². The summed E-state index contributed by atoms with van der Waals surface area (Å²) in [6.07, 6.45) is 4.09. The van der Waals surface area contributed by atoms with E-state index < -0.39 is 0 Å². The van der Waals surface area contributed by atoms with Crippen molar-refractivity contribution in [1.82, 2.24) is 4.98 Å². The smallest absolute Gasteiger partial charge is 0.211 e. The summed E-state index contributed by atoms with van der Waals surface area (Å²) in [5.74, 6) is 0.785. The molecule has 98 valence electrons. The maximum absolute atomic E-state index is 10.6. The van der Waals surface area contributed by atoms with E-state index in [9.17, 15) is 4.79 Å². The van der Waals surface area contributed by atoms with Gasteiger partial charge >= 0.3 is 0 Å². The molecule has 1 amide bonds. The molecule has 4 heteroatoms. The van der Waals surface area contributed by atoms with Crippen molar-refractivity contribution in [2.45, 2.75) is 12.8 Å². The van der Waals surface area contributed by atoms with Gasteiger partial charge < -0.3 is 10.1 Å². The lowest BCUT2D eigenvalue weighted by molar-refractivity contribution is -0.105. The molecular formula is C15H16N2O2. The second-order valence-electron chi connectivity index (χ2n) is 4.11. The Labute approximate surface area is 112 Å². The molecule has 0 atom stereocenters. The van der Waals surface area contributed by atoms with Crippen LogP contribution in [0.25, 0.3) is 0 Å². The highest BCUT2D eigenvalue weighted by Gasteiger charge is 2.05. The molecule has 0 fully saturated rings. The molecule has 0 saturated carbocycles. The molecule has 0 aliphatic rings. The highest BCUT2D eigenvalue weighted by molar-refractivity contribution is 5.73. The Morgan fingerprint density at radius 1 is 1.26 bits per heavy atom. The number of carbonyl (C=O) groups excluding carboxylic acids is 1. The summed E-state index contributed by atoms with van der Waals surface area (Å²) < 4.78 is 5.21. The first-order valence-corrected chi connectivity index (χ1v) is 6.10. The molecule has 0 spiro atoms. The molecule has 0 aliphatic carbocycles. The zero-order chi connectivity index (χ0) is 13.5. The molecule has 2 rings (SSSR count). The van der Waals surface area contributed by atoms with Gasteiger partial charge in [0, 0.05) is 17.6 Å². The molecule has 0 bridgehead atoms. The Balaban J connectivity index is 2.15. The van der Waals surface area contributed by atoms with Gasteiger partial charge in [-0.2, -0.15) is 0 Å². The first kappa shape index (κ1) is 13.1. The van der Waals surface area contributed by atoms with Crippen LogP contribution in [0.5, 0.6) is 5.75 Å². The number of aromatic nitrogens is 1. The Bertz CT molecular complexity index is 541. The molecule has 1 aromatic heterocycles. The van der Waals surface area contributed by atoms with E-state index in [-0.39, 0.29) is 0 Å². The number of rotatable bonds is 6. The summed E-state index contributed by atoms with van der Waals surface area (Å²) in [5.41, 5.74) is 2.88. The van der Waals surface area contributed by atoms with E-state index in [2.05, 4.69) is 10.3 Å². The maximum atomic E-state index is 10.6. The van der Waals surface area contributed by atoms with Crippen molar-refractivity contribution in [3.8, 4) is 5.75 Å². The standard InChI is InChI=1S/C15H16N2O2/c1-19-14-7-8-15(17-11-18)12(10-14)5-6-13-4-2-3-9-16-13/h2-4,7-11H,5-6H2,1H3,(H,17,18). The third-order valence-electron chi connectivity index (χ3n) is 2.90. The van der Waals surface area contributed by atoms with E-state index in [4.69, 9.17) is 4.74 Å². The quantitative estimate of drug-likeness (QED) is 0.808. The summed E-state index contributed by atoms with van der Waals surface area (Å²) in [4.78, 5) is 14.9. The van der Waals surface area contributed by atoms with Gasteiger partial charge in [-0.3, -0.25) is 9.78 Å². The Kier molecular flexibility index (Phi) is 4.50. The molecular weight excluding hydrogens is 240 g/mol. The Morgan fingerprint density at radius 3 is 2.84 bits per heavy atom. The molecule has 0 aliphatic heterocycles. The number of aryl methyl sites for hydroxylation is 2. The van der Waals surface area contributed by atoms with E-state index in [0.29, 0.717) is 6.41 Å². The van der Waals surface area contributed by atoms with Gasteiger partial charge in [0.2, 0.25) is 6.41 Å². The van der Waals surface area contributed by atoms with Crippen molar-refractivity contribution in [2.75, 3.05) is 12.4 Å². The van der Waals surface area contributed by atoms with Gasteiger partial charge in [0.25, 0.3) is 0 Å². The second kappa shape index (κ2) is 6.54. The predicted octanol–water partition coefficient (Wildman–Crippen LogP) is 2.44. The highest BCUT2D eigenvalue weighted by Crippen LogP contribution is 2.23. The number of hydrogen-bond donors (Lipinski definition) is 1. The van der Waals surface area contributed by atoms with E-state index >= 15 is 0 Å². The lowest BCUT2D eigenvalue weighted by Gasteiger charge is -2.10. The maximum Gasteiger partial charge on any atom is 0.211 e. The number of hydrogen-bond acceptors (Lipinski definition) is 3. The minimum atomic E-state index is 0.687. The van der Waals surface area contributed by atoms with Crippen LogP contribution in [0.3, 0.4) is 0 Å². The Hall–Kier alpha value is -2.36. The van der Waals surface area contributed by atoms with Gasteiger partial charge in [-0.15, -0.1) is 0 Å². The molecule has 1 N–H and O–H groups in total. The monoisotopic (exact) mass is 256 g/mol. The summed E-state index contributed by atoms with van der Waals surface area (Å²) in [7, 11) is 1.63. The topological polar surface area (TPSA) is 51.2 Å². The highest BCUT2D eigenvalue weighted by atomic mass is 16.5. The lowest BCUT2D eigenvalue weighted by atomic mass is 10.1. The fourth-order valence-electron chi connectivity index (χ4n) is 1.92. The number of benzene rings is 1. The number of ether oxygens (including phenoxy) is 1. The van der Waals surface area contributed by atoms with Crippen molar-refractivity contribution >= 4 is 12.1 Å². The van der Waals surface area contributed by atoms with E-state index in [1.54, 1.807) is 13.3 Å². The number of nitrogens with one attached hydrogen (secondary N) is 1. The van der Waals surface area contributed by atoms with Crippen LogP contribution in [0.15, 0.2) is 42.6 Å². The molecule has 0 radical (unpaired) electrons. The number of pyridine rings is 1. The fraction of sp³-hybridized carbons (Fsp3) is 0.200. The summed E-state index contributed by atoms with van der Waals surface area (Å²) in [5, 5.41) is 2.71. The van der Waals surface area contributed by atoms with E-state index in [0.717, 1.165) is 35.5 Å². The lowest BCUT2D eigenvalue weighted by Crippen LogP contribution is -2.02. The van der Waals surface area contributed by atoms with Gasteiger partial charge in [-0.1, -0.05) is 6.07 Å². The van der Waals surface area contributed by atoms with Crippen molar-refractivity contribution in [1.29, 1.82) is 0 Å². The molecule has 0 unspecified atom stereocenters. The molecule has 4 nitrogen and oxygen atoms in total. The van der Waals surface area contributed by atoms with Crippen LogP contribution in [0.2, 0.25) is 0 Å². The van der Waals surface area contributed by atoms with Crippen LogP contribution >= 0.6 is 0 Å². The van der Waals surface area contributed by atoms with Gasteiger partial charge in [-0.05, 0) is 48.7 Å². The van der Waals surface area contributed by atoms with Crippen molar-refractivity contribution in [2.24, 2.45) is 0 Å². The van der Waals surface area contributed by atoms with Crippen LogP contribution in [0.4, 0.5) is 5.69 Å². The summed E-state index contributed by atoms with van der Waals surface area (Å²) in [6, 6.07) is 11.5. The minimum absolute atomic E-state index is 0.687. The SMILES string of the molecule is COc1ccc(NC=O)c(CCc2ccccn2)c1. The average molecular weight is 256 g/mol. The van der Waals surface area contributed by atoms with Crippen molar-refractivity contribution < 1.29 is 9.53 Å². The van der Waals surface area contributed by atoms with Gasteiger partial charge in [-0.25, -0.2) is 0 Å². The van der Waals surface area contributed by atoms with Crippen molar-refractivity contribution in [3.05, 3.63) is 53.9 Å². The largest absolute Gasteiger partial charge is 0.497 e. The Morgan fingerprint density at radius 2 is 2.16 bits per heavy atom. The zero-order valence-electron chi connectivity index (χ0n) is 10.8. The zero-order valence-corrected chi connectivity index (χ0v) is 10.8. The van der Waals surface area contributed by atoms with Crippen LogP contribution in [0.1, 0.15) is 11.3 Å². The summed E-state index contributed by atoms with van der Waals surface area (Å²) >= 11 is 0. The average Bonchev–Trinajstić information content (AvgIpc) is 2.47. The number of carbonyl (C=O) groups is 1. The minimum Gasteiger partial charge on any atom is -0.497 e. The van der Waals surface area contributed by atoms with E-state index in [1.807, 2.05) is 36.4 Å². The van der Waals surface area contributed by atoms with Crippen LogP contribution in [-0.2, 0) is 17.6 Å². The molecule has 0 saturated heterocycles. The van der Waals surface area contributed by atoms with E-state index in [1.165, 1.54) is 0 Å². The third kappa shape index (κ3) is 3.55. The third-order valence-corrected chi connectivity index (χ3v) is 2.90. The molecule has 1 heterocycles. The normalized spacial score (nSPS) is 9.95. The van der Waals surface area contributed by atoms with Crippen molar-refractivity contribution in [3.63, 3.8) is 0 Å². The number of nitrogens with zero attached hydrogens (tertiary/aromatic N) is 1. The first-order chi connectivity index (χ1) is 9.33. The molecule has 1 aromatic carbocycles. The predicted molar refractivity (Wildman–Crippen MR) is 74.3 cm³/mol.